The second-order valence-corrected chi connectivity index (χ2v) is 10.3. The molecule has 0 unspecified atom stereocenters. The van der Waals surface area contributed by atoms with E-state index in [1.54, 1.807) is 0 Å². The van der Waals surface area contributed by atoms with E-state index < -0.39 is 54.4 Å². The summed E-state index contributed by atoms with van der Waals surface area (Å²) in [6.07, 6.45) is 3.13. The van der Waals surface area contributed by atoms with Crippen molar-refractivity contribution in [2.75, 3.05) is 13.2 Å². The van der Waals surface area contributed by atoms with Crippen molar-refractivity contribution in [1.82, 2.24) is 16.0 Å². The lowest BCUT2D eigenvalue weighted by Gasteiger charge is -2.25. The van der Waals surface area contributed by atoms with Gasteiger partial charge in [-0.2, -0.15) is 0 Å². The summed E-state index contributed by atoms with van der Waals surface area (Å²) in [6, 6.07) is 8.97. The highest BCUT2D eigenvalue weighted by molar-refractivity contribution is 5.95. The largest absolute Gasteiger partial charge is 0.394 e. The van der Waals surface area contributed by atoms with Gasteiger partial charge in [-0.05, 0) is 41.5 Å². The van der Waals surface area contributed by atoms with Crippen LogP contribution in [0.2, 0.25) is 0 Å². The fourth-order valence-corrected chi connectivity index (χ4v) is 4.50. The molecule has 0 aromatic heterocycles. The van der Waals surface area contributed by atoms with Gasteiger partial charge in [-0.1, -0.05) is 55.3 Å². The van der Waals surface area contributed by atoms with Crippen LogP contribution in [0.5, 0.6) is 0 Å². The number of fused-ring (bicyclic) bond motifs is 1. The van der Waals surface area contributed by atoms with Gasteiger partial charge in [0.25, 0.3) is 0 Å². The summed E-state index contributed by atoms with van der Waals surface area (Å²) in [5.74, 6) is -2.45. The van der Waals surface area contributed by atoms with Crippen molar-refractivity contribution in [3.8, 4) is 0 Å². The first kappa shape index (κ1) is 31.3. The molecule has 1 saturated carbocycles. The number of nitrogens with one attached hydrogen (secondary N) is 3. The van der Waals surface area contributed by atoms with Crippen LogP contribution in [0.1, 0.15) is 37.7 Å². The van der Waals surface area contributed by atoms with Crippen LogP contribution in [-0.4, -0.2) is 72.0 Å². The first-order chi connectivity index (χ1) is 19.6. The molecule has 13 heteroatoms. The van der Waals surface area contributed by atoms with Gasteiger partial charge < -0.3 is 44.0 Å². The molecular formula is C28H40N8O5. The molecule has 4 atom stereocenters. The lowest BCUT2D eigenvalue weighted by atomic mass is 9.97. The summed E-state index contributed by atoms with van der Waals surface area (Å²) in [6.45, 7) is -0.377. The van der Waals surface area contributed by atoms with Crippen LogP contribution in [0.25, 0.3) is 10.8 Å². The summed E-state index contributed by atoms with van der Waals surface area (Å²) in [4.78, 5) is 55.2. The lowest BCUT2D eigenvalue weighted by molar-refractivity contribution is -0.134. The fourth-order valence-electron chi connectivity index (χ4n) is 4.50. The van der Waals surface area contributed by atoms with Gasteiger partial charge in [-0.25, -0.2) is 0 Å². The van der Waals surface area contributed by atoms with E-state index in [2.05, 4.69) is 20.9 Å². The van der Waals surface area contributed by atoms with Crippen LogP contribution in [0, 0.1) is 5.92 Å². The Labute approximate surface area is 238 Å². The summed E-state index contributed by atoms with van der Waals surface area (Å²) in [5.41, 5.74) is 22.8. The third kappa shape index (κ3) is 9.72. The molecule has 0 saturated heterocycles. The highest BCUT2D eigenvalue weighted by atomic mass is 16.3. The average molecular weight is 569 g/mol. The van der Waals surface area contributed by atoms with Gasteiger partial charge >= 0.3 is 0 Å². The molecule has 0 bridgehead atoms. The Bertz CT molecular complexity index is 1260. The first-order valence-corrected chi connectivity index (χ1v) is 13.7. The monoisotopic (exact) mass is 568 g/mol. The number of aliphatic hydroxyl groups is 1. The third-order valence-electron chi connectivity index (χ3n) is 6.98. The predicted octanol–water partition coefficient (Wildman–Crippen LogP) is -1.50. The minimum Gasteiger partial charge on any atom is -0.394 e. The number of carbonyl (C=O) groups is 4. The number of benzene rings is 2. The van der Waals surface area contributed by atoms with Crippen LogP contribution in [-0.2, 0) is 25.6 Å². The Morgan fingerprint density at radius 2 is 1.51 bits per heavy atom. The quantitative estimate of drug-likeness (QED) is 0.0671. The Balaban J connectivity index is 1.77. The highest BCUT2D eigenvalue weighted by Crippen LogP contribution is 2.33. The lowest BCUT2D eigenvalue weighted by Crippen LogP contribution is -2.58. The number of carbonyl (C=O) groups excluding carboxylic acids is 4. The molecule has 13 nitrogen and oxygen atoms in total. The predicted molar refractivity (Wildman–Crippen MR) is 155 cm³/mol. The Hall–Kier alpha value is -4.23. The van der Waals surface area contributed by atoms with Gasteiger partial charge in [-0.3, -0.25) is 24.2 Å². The minimum atomic E-state index is -1.33. The maximum Gasteiger partial charge on any atom is 0.243 e. The molecular weight excluding hydrogens is 528 g/mol. The maximum atomic E-state index is 13.5. The SMILES string of the molecule is NC(=O)[C@H](CO)NC(=O)[C@H](Cc1cccc2ccccc12)NC(=O)[C@H](CC1CC1)NC(=O)[C@@H](N)CCCN=C(N)N. The van der Waals surface area contributed by atoms with Crippen molar-refractivity contribution in [1.29, 1.82) is 0 Å². The number of guanidine groups is 1. The minimum absolute atomic E-state index is 0.0487. The molecule has 1 aliphatic carbocycles. The van der Waals surface area contributed by atoms with Crippen molar-refractivity contribution >= 4 is 40.4 Å². The fraction of sp³-hybridized carbons (Fsp3) is 0.464. The highest BCUT2D eigenvalue weighted by Gasteiger charge is 2.34. The molecule has 2 aromatic carbocycles. The van der Waals surface area contributed by atoms with Gasteiger partial charge in [0.1, 0.15) is 18.1 Å². The van der Waals surface area contributed by atoms with Crippen molar-refractivity contribution < 1.29 is 24.3 Å². The number of hydrogen-bond acceptors (Lipinski definition) is 7. The molecule has 41 heavy (non-hydrogen) atoms. The van der Waals surface area contributed by atoms with Crippen LogP contribution in [0.15, 0.2) is 47.5 Å². The molecule has 4 amide bonds. The normalized spacial score (nSPS) is 15.7. The van der Waals surface area contributed by atoms with Gasteiger partial charge in [0.2, 0.25) is 23.6 Å². The molecule has 0 aliphatic heterocycles. The standard InChI is InChI=1S/C28H40N8O5/c29-20(9-4-12-33-28(31)32)25(39)34-21(13-16-10-11-16)26(40)35-22(27(41)36-23(15-37)24(30)38)14-18-7-3-6-17-5-1-2-8-19(17)18/h1-3,5-8,16,20-23,37H,4,9-15,29H2,(H2,30,38)(H,34,39)(H,35,40)(H,36,41)(H4,31,32,33)/t20-,21-,22-,23-/m0/s1. The van der Waals surface area contributed by atoms with E-state index in [9.17, 15) is 24.3 Å². The maximum absolute atomic E-state index is 13.5. The molecule has 12 N–H and O–H groups in total. The summed E-state index contributed by atoms with van der Waals surface area (Å²) in [5, 5.41) is 19.3. The van der Waals surface area contributed by atoms with Crippen molar-refractivity contribution in [3.05, 3.63) is 48.0 Å². The summed E-state index contributed by atoms with van der Waals surface area (Å²) in [7, 11) is 0. The number of nitrogens with two attached hydrogens (primary N) is 4. The van der Waals surface area contributed by atoms with Crippen molar-refractivity contribution in [2.45, 2.75) is 62.7 Å². The number of aliphatic hydroxyl groups excluding tert-OH is 1. The van der Waals surface area contributed by atoms with E-state index in [4.69, 9.17) is 22.9 Å². The summed E-state index contributed by atoms with van der Waals surface area (Å²) < 4.78 is 0. The molecule has 222 valence electrons. The Morgan fingerprint density at radius 1 is 0.878 bits per heavy atom. The van der Waals surface area contributed by atoms with Gasteiger partial charge in [-0.15, -0.1) is 0 Å². The van der Waals surface area contributed by atoms with E-state index in [1.807, 2.05) is 42.5 Å². The number of nitrogens with zero attached hydrogens (tertiary/aromatic N) is 1. The van der Waals surface area contributed by atoms with Crippen LogP contribution in [0.3, 0.4) is 0 Å². The van der Waals surface area contributed by atoms with Crippen LogP contribution >= 0.6 is 0 Å². The zero-order valence-electron chi connectivity index (χ0n) is 22.9. The second-order valence-electron chi connectivity index (χ2n) is 10.3. The Morgan fingerprint density at radius 3 is 2.17 bits per heavy atom. The second kappa shape index (κ2) is 15.0. The first-order valence-electron chi connectivity index (χ1n) is 13.7. The molecule has 0 heterocycles. The van der Waals surface area contributed by atoms with E-state index in [-0.39, 0.29) is 18.3 Å². The third-order valence-corrected chi connectivity index (χ3v) is 6.98. The molecule has 2 aromatic rings. The van der Waals surface area contributed by atoms with Gasteiger partial charge in [0.05, 0.1) is 12.6 Å². The van der Waals surface area contributed by atoms with Gasteiger partial charge in [0.15, 0.2) is 5.96 Å². The zero-order valence-corrected chi connectivity index (χ0v) is 22.9. The van der Waals surface area contributed by atoms with Crippen LogP contribution in [0.4, 0.5) is 0 Å². The number of primary amides is 1. The summed E-state index contributed by atoms with van der Waals surface area (Å²) >= 11 is 0. The van der Waals surface area contributed by atoms with Crippen molar-refractivity contribution in [2.24, 2.45) is 33.8 Å². The number of amides is 4. The number of aliphatic imine (C=N–C) groups is 1. The van der Waals surface area contributed by atoms with Crippen molar-refractivity contribution in [3.63, 3.8) is 0 Å². The number of rotatable bonds is 16. The van der Waals surface area contributed by atoms with E-state index in [0.717, 1.165) is 29.2 Å². The van der Waals surface area contributed by atoms with E-state index >= 15 is 0 Å². The smallest absolute Gasteiger partial charge is 0.243 e. The average Bonchev–Trinajstić information content (AvgIpc) is 3.77. The van der Waals surface area contributed by atoms with Gasteiger partial charge in [0, 0.05) is 13.0 Å². The van der Waals surface area contributed by atoms with E-state index in [1.165, 1.54) is 0 Å². The molecule has 0 radical (unpaired) electrons. The molecule has 0 spiro atoms. The topological polar surface area (TPSA) is 241 Å². The molecule has 1 fully saturated rings. The molecule has 3 rings (SSSR count). The molecule has 1 aliphatic rings. The Kier molecular flexibility index (Phi) is 11.4. The van der Waals surface area contributed by atoms with E-state index in [0.29, 0.717) is 25.8 Å². The van der Waals surface area contributed by atoms with Crippen LogP contribution < -0.4 is 38.9 Å². The zero-order chi connectivity index (χ0) is 29.9. The number of hydrogen-bond donors (Lipinski definition) is 8.